The molecule has 20 heavy (non-hydrogen) atoms. The van der Waals surface area contributed by atoms with Gasteiger partial charge in [-0.1, -0.05) is 18.5 Å². The van der Waals surface area contributed by atoms with Crippen molar-refractivity contribution in [3.8, 4) is 0 Å². The van der Waals surface area contributed by atoms with Gasteiger partial charge >= 0.3 is 0 Å². The highest BCUT2D eigenvalue weighted by molar-refractivity contribution is 6.30. The fraction of sp³-hybridized carbons (Fsp3) is 0.571. The average Bonchev–Trinajstić information content (AvgIpc) is 2.43. The van der Waals surface area contributed by atoms with Gasteiger partial charge in [0, 0.05) is 11.1 Å². The molecule has 0 spiro atoms. The van der Waals surface area contributed by atoms with E-state index in [4.69, 9.17) is 11.6 Å². The Kier molecular flexibility index (Phi) is 4.50. The van der Waals surface area contributed by atoms with E-state index in [9.17, 15) is 15.2 Å². The molecule has 0 unspecified atom stereocenters. The summed E-state index contributed by atoms with van der Waals surface area (Å²) in [6.45, 7) is 2.16. The smallest absolute Gasteiger partial charge is 0.293 e. The van der Waals surface area contributed by atoms with Crippen LogP contribution in [0.5, 0.6) is 0 Å². The maximum absolute atomic E-state index is 11.1. The minimum Gasteiger partial charge on any atom is -0.394 e. The topological polar surface area (TPSA) is 75.4 Å². The molecule has 2 rings (SSSR count). The van der Waals surface area contributed by atoms with Gasteiger partial charge in [0.2, 0.25) is 0 Å². The van der Waals surface area contributed by atoms with E-state index in [0.717, 1.165) is 25.7 Å². The number of hydrogen-bond acceptors (Lipinski definition) is 4. The zero-order valence-corrected chi connectivity index (χ0v) is 12.2. The molecule has 110 valence electrons. The second-order valence-corrected chi connectivity index (χ2v) is 6.10. The summed E-state index contributed by atoms with van der Waals surface area (Å²) in [7, 11) is 0. The Morgan fingerprint density at radius 2 is 2.15 bits per heavy atom. The number of halogens is 1. The van der Waals surface area contributed by atoms with E-state index < -0.39 is 10.5 Å². The molecule has 0 bridgehead atoms. The first kappa shape index (κ1) is 15.1. The molecule has 5 nitrogen and oxygen atoms in total. The van der Waals surface area contributed by atoms with Crippen molar-refractivity contribution in [1.29, 1.82) is 0 Å². The highest BCUT2D eigenvalue weighted by Gasteiger charge is 2.35. The van der Waals surface area contributed by atoms with E-state index in [-0.39, 0.29) is 12.3 Å². The number of anilines is 1. The predicted octanol–water partition coefficient (Wildman–Crippen LogP) is 3.60. The molecule has 1 aliphatic rings. The van der Waals surface area contributed by atoms with Crippen molar-refractivity contribution in [1.82, 2.24) is 0 Å². The van der Waals surface area contributed by atoms with E-state index >= 15 is 0 Å². The third kappa shape index (κ3) is 3.22. The number of rotatable bonds is 4. The van der Waals surface area contributed by atoms with Crippen LogP contribution in [0.2, 0.25) is 5.02 Å². The van der Waals surface area contributed by atoms with Gasteiger partial charge in [-0.25, -0.2) is 0 Å². The highest BCUT2D eigenvalue weighted by Crippen LogP contribution is 2.37. The number of nitro benzene ring substituents is 1. The van der Waals surface area contributed by atoms with Crippen LogP contribution in [-0.2, 0) is 0 Å². The molecule has 0 amide bonds. The average molecular weight is 299 g/mol. The van der Waals surface area contributed by atoms with Gasteiger partial charge in [-0.15, -0.1) is 0 Å². The van der Waals surface area contributed by atoms with Crippen molar-refractivity contribution in [3.05, 3.63) is 33.3 Å². The molecule has 2 N–H and O–H groups in total. The summed E-state index contributed by atoms with van der Waals surface area (Å²) < 4.78 is 0. The molecular formula is C14H19ClN2O3. The minimum atomic E-state index is -0.467. The Bertz CT molecular complexity index is 499. The summed E-state index contributed by atoms with van der Waals surface area (Å²) in [5, 5.41) is 24.3. The Balaban J connectivity index is 2.26. The zero-order valence-electron chi connectivity index (χ0n) is 11.4. The van der Waals surface area contributed by atoms with Crippen LogP contribution in [0.4, 0.5) is 11.4 Å². The number of benzene rings is 1. The third-order valence-corrected chi connectivity index (χ3v) is 4.33. The Hall–Kier alpha value is -1.33. The molecule has 0 radical (unpaired) electrons. The van der Waals surface area contributed by atoms with Crippen LogP contribution in [0.15, 0.2) is 18.2 Å². The predicted molar refractivity (Wildman–Crippen MR) is 79.2 cm³/mol. The van der Waals surface area contributed by atoms with Crippen LogP contribution in [0.25, 0.3) is 0 Å². The molecule has 0 saturated heterocycles. The number of aliphatic hydroxyl groups excluding tert-OH is 1. The first-order chi connectivity index (χ1) is 9.46. The van der Waals surface area contributed by atoms with Gasteiger partial charge in [-0.2, -0.15) is 0 Å². The largest absolute Gasteiger partial charge is 0.394 e. The monoisotopic (exact) mass is 298 g/mol. The van der Waals surface area contributed by atoms with Crippen LogP contribution >= 0.6 is 11.6 Å². The quantitative estimate of drug-likeness (QED) is 0.658. The lowest BCUT2D eigenvalue weighted by molar-refractivity contribution is -0.384. The van der Waals surface area contributed by atoms with Crippen molar-refractivity contribution in [2.45, 2.75) is 38.1 Å². The van der Waals surface area contributed by atoms with Gasteiger partial charge in [0.05, 0.1) is 17.1 Å². The summed E-state index contributed by atoms with van der Waals surface area (Å²) in [5.74, 6) is 0.636. The molecule has 1 fully saturated rings. The van der Waals surface area contributed by atoms with E-state index in [1.165, 1.54) is 6.07 Å². The fourth-order valence-electron chi connectivity index (χ4n) is 2.68. The second-order valence-electron chi connectivity index (χ2n) is 5.66. The van der Waals surface area contributed by atoms with Gasteiger partial charge < -0.3 is 10.4 Å². The molecule has 0 aromatic heterocycles. The molecule has 1 aromatic carbocycles. The molecule has 6 heteroatoms. The Morgan fingerprint density at radius 1 is 1.50 bits per heavy atom. The molecule has 1 aliphatic carbocycles. The van der Waals surface area contributed by atoms with E-state index in [1.807, 2.05) is 0 Å². The summed E-state index contributed by atoms with van der Waals surface area (Å²) >= 11 is 5.81. The van der Waals surface area contributed by atoms with E-state index in [1.54, 1.807) is 12.1 Å². The van der Waals surface area contributed by atoms with Crippen molar-refractivity contribution in [2.75, 3.05) is 11.9 Å². The van der Waals surface area contributed by atoms with Gasteiger partial charge in [-0.3, -0.25) is 10.1 Å². The number of nitrogens with zero attached hydrogens (tertiary/aromatic N) is 1. The van der Waals surface area contributed by atoms with Crippen LogP contribution in [-0.4, -0.2) is 22.2 Å². The molecule has 1 aromatic rings. The summed E-state index contributed by atoms with van der Waals surface area (Å²) in [6.07, 6.45) is 3.64. The first-order valence-electron chi connectivity index (χ1n) is 6.79. The fourth-order valence-corrected chi connectivity index (χ4v) is 2.85. The number of hydrogen-bond donors (Lipinski definition) is 2. The van der Waals surface area contributed by atoms with Crippen LogP contribution in [0, 0.1) is 16.0 Å². The lowest BCUT2D eigenvalue weighted by atomic mass is 9.77. The van der Waals surface area contributed by atoms with Crippen molar-refractivity contribution >= 4 is 23.0 Å². The summed E-state index contributed by atoms with van der Waals surface area (Å²) in [5.41, 5.74) is -0.0996. The molecular weight excluding hydrogens is 280 g/mol. The number of nitro groups is 1. The molecule has 0 atom stereocenters. The summed E-state index contributed by atoms with van der Waals surface area (Å²) in [6, 6.07) is 4.56. The van der Waals surface area contributed by atoms with Crippen LogP contribution < -0.4 is 5.32 Å². The summed E-state index contributed by atoms with van der Waals surface area (Å²) in [4.78, 5) is 10.7. The highest BCUT2D eigenvalue weighted by atomic mass is 35.5. The molecule has 0 heterocycles. The Labute approximate surface area is 123 Å². The van der Waals surface area contributed by atoms with Gasteiger partial charge in [0.25, 0.3) is 5.69 Å². The Morgan fingerprint density at radius 3 is 2.70 bits per heavy atom. The zero-order chi connectivity index (χ0) is 14.8. The first-order valence-corrected chi connectivity index (χ1v) is 7.16. The van der Waals surface area contributed by atoms with E-state index in [0.29, 0.717) is 16.6 Å². The molecule has 0 aliphatic heterocycles. The maximum Gasteiger partial charge on any atom is 0.293 e. The maximum atomic E-state index is 11.1. The SMILES string of the molecule is CC1CCC(CO)(Nc2ccc(Cl)cc2[N+](=O)[O-])CC1. The van der Waals surface area contributed by atoms with E-state index in [2.05, 4.69) is 12.2 Å². The second kappa shape index (κ2) is 5.97. The standard InChI is InChI=1S/C14H19ClN2O3/c1-10-4-6-14(9-18,7-5-10)16-12-3-2-11(15)8-13(12)17(19)20/h2-3,8,10,16,18H,4-7,9H2,1H3. The van der Waals surface area contributed by atoms with Crippen LogP contribution in [0.3, 0.4) is 0 Å². The van der Waals surface area contributed by atoms with Gasteiger partial charge in [0.15, 0.2) is 0 Å². The third-order valence-electron chi connectivity index (χ3n) is 4.09. The van der Waals surface area contributed by atoms with Crippen molar-refractivity contribution in [2.24, 2.45) is 5.92 Å². The lowest BCUT2D eigenvalue weighted by Gasteiger charge is -2.39. The van der Waals surface area contributed by atoms with Gasteiger partial charge in [0.1, 0.15) is 5.69 Å². The number of nitrogens with one attached hydrogen (secondary N) is 1. The van der Waals surface area contributed by atoms with Crippen molar-refractivity contribution in [3.63, 3.8) is 0 Å². The van der Waals surface area contributed by atoms with Crippen molar-refractivity contribution < 1.29 is 10.0 Å². The normalized spacial score (nSPS) is 26.2. The minimum absolute atomic E-state index is 0.0283. The van der Waals surface area contributed by atoms with Gasteiger partial charge in [-0.05, 0) is 43.7 Å². The number of aliphatic hydroxyl groups is 1. The van der Waals surface area contributed by atoms with Crippen LogP contribution in [0.1, 0.15) is 32.6 Å². The molecule has 1 saturated carbocycles. The lowest BCUT2D eigenvalue weighted by Crippen LogP contribution is -2.45.